The molecule has 0 radical (unpaired) electrons. The first-order chi connectivity index (χ1) is 22.3. The molecule has 2 unspecified atom stereocenters. The first-order valence-corrected chi connectivity index (χ1v) is 23.2. The van der Waals surface area contributed by atoms with Crippen molar-refractivity contribution in [3.8, 4) is 0 Å². The van der Waals surface area contributed by atoms with E-state index in [4.69, 9.17) is 23.4 Å². The van der Waals surface area contributed by atoms with Crippen molar-refractivity contribution < 1.29 is 47.7 Å². The molecule has 0 fully saturated rings. The predicted molar refractivity (Wildman–Crippen MR) is 193 cm³/mol. The lowest BCUT2D eigenvalue weighted by molar-refractivity contribution is -0.140. The molecule has 1 aromatic rings. The van der Waals surface area contributed by atoms with Crippen molar-refractivity contribution in [1.29, 1.82) is 0 Å². The number of aromatic carboxylic acids is 1. The van der Waals surface area contributed by atoms with E-state index >= 15 is 0 Å². The zero-order chi connectivity index (χ0) is 36.8. The number of esters is 3. The molecule has 48 heavy (non-hydrogen) atoms. The minimum Gasteiger partial charge on any atom is -0.478 e. The monoisotopic (exact) mass is 708 g/mol. The molecule has 0 aliphatic rings. The molecule has 0 spiro atoms. The quantitative estimate of drug-likeness (QED) is 0.0390. The molecule has 0 saturated heterocycles. The van der Waals surface area contributed by atoms with Gasteiger partial charge in [-0.2, -0.15) is 0 Å². The van der Waals surface area contributed by atoms with Crippen LogP contribution in [0.1, 0.15) is 111 Å². The highest BCUT2D eigenvalue weighted by Crippen LogP contribution is 2.49. The van der Waals surface area contributed by atoms with E-state index in [2.05, 4.69) is 67.4 Å². The highest BCUT2D eigenvalue weighted by atomic mass is 28.4. The molecule has 1 aromatic carbocycles. The molecule has 0 aliphatic heterocycles. The summed E-state index contributed by atoms with van der Waals surface area (Å²) in [5, 5.41) is 9.65. The van der Waals surface area contributed by atoms with Crippen LogP contribution in [-0.4, -0.2) is 83.6 Å². The van der Waals surface area contributed by atoms with Gasteiger partial charge in [-0.3, -0.25) is 0 Å². The van der Waals surface area contributed by atoms with Crippen molar-refractivity contribution in [3.05, 3.63) is 47.0 Å². The third-order valence-electron chi connectivity index (χ3n) is 10.1. The van der Waals surface area contributed by atoms with Crippen LogP contribution in [-0.2, 0) is 28.2 Å². The summed E-state index contributed by atoms with van der Waals surface area (Å²) in [7, 11) is -3.74. The van der Waals surface area contributed by atoms with Crippen molar-refractivity contribution in [3.63, 3.8) is 0 Å². The van der Waals surface area contributed by atoms with Crippen LogP contribution in [0.15, 0.2) is 30.4 Å². The summed E-state index contributed by atoms with van der Waals surface area (Å²) in [6, 6.07) is 4.81. The second-order valence-corrected chi connectivity index (χ2v) is 23.8. The van der Waals surface area contributed by atoms with Crippen molar-refractivity contribution in [2.75, 3.05) is 33.0 Å². The first-order valence-electron chi connectivity index (χ1n) is 17.1. The zero-order valence-corrected chi connectivity index (χ0v) is 33.0. The van der Waals surface area contributed by atoms with Gasteiger partial charge in [0.1, 0.15) is 19.8 Å². The van der Waals surface area contributed by atoms with Crippen molar-refractivity contribution in [1.82, 2.24) is 0 Å². The van der Waals surface area contributed by atoms with Crippen LogP contribution >= 0.6 is 0 Å². The Kier molecular flexibility index (Phi) is 17.5. The lowest BCUT2D eigenvalue weighted by atomic mass is 10.0. The Morgan fingerprint density at radius 1 is 0.812 bits per heavy atom. The minimum absolute atomic E-state index is 0.0503. The van der Waals surface area contributed by atoms with Crippen LogP contribution in [0.3, 0.4) is 0 Å². The van der Waals surface area contributed by atoms with Gasteiger partial charge in [-0.25, -0.2) is 19.2 Å². The Morgan fingerprint density at radius 2 is 1.42 bits per heavy atom. The van der Waals surface area contributed by atoms with Gasteiger partial charge in [-0.1, -0.05) is 72.7 Å². The Balaban J connectivity index is 2.67. The molecule has 10 nitrogen and oxygen atoms in total. The van der Waals surface area contributed by atoms with E-state index in [9.17, 15) is 24.3 Å². The minimum atomic E-state index is -2.12. The molecule has 0 saturated carbocycles. The average Bonchev–Trinajstić information content (AvgIpc) is 3.03. The van der Waals surface area contributed by atoms with E-state index < -0.39 is 45.8 Å². The molecule has 1 N–H and O–H groups in total. The van der Waals surface area contributed by atoms with Crippen LogP contribution in [0.25, 0.3) is 0 Å². The molecular formula is C36H60O10Si2. The predicted octanol–water partition coefficient (Wildman–Crippen LogP) is 8.22. The average molecular weight is 709 g/mol. The lowest BCUT2D eigenvalue weighted by Gasteiger charge is -2.52. The molecular weight excluding hydrogens is 649 g/mol. The number of rotatable bonds is 23. The van der Waals surface area contributed by atoms with Gasteiger partial charge in [0.25, 0.3) is 0 Å². The zero-order valence-electron chi connectivity index (χ0n) is 31.0. The highest BCUT2D eigenvalue weighted by molar-refractivity contribution is 6.82. The van der Waals surface area contributed by atoms with Crippen LogP contribution in [0.4, 0.5) is 0 Å². The third kappa shape index (κ3) is 12.3. The number of unbranched alkanes of at least 4 members (excludes halogenated alkanes) is 1. The van der Waals surface area contributed by atoms with Crippen molar-refractivity contribution in [2.45, 2.75) is 123 Å². The van der Waals surface area contributed by atoms with E-state index in [0.29, 0.717) is 6.61 Å². The number of ether oxygens (including phenoxy) is 4. The number of hydrogen-bond acceptors (Lipinski definition) is 9. The molecule has 0 aliphatic carbocycles. The van der Waals surface area contributed by atoms with Gasteiger partial charge >= 0.3 is 23.9 Å². The van der Waals surface area contributed by atoms with Crippen LogP contribution in [0.5, 0.6) is 0 Å². The van der Waals surface area contributed by atoms with Gasteiger partial charge in [0.2, 0.25) is 0 Å². The van der Waals surface area contributed by atoms with Crippen LogP contribution in [0, 0.1) is 0 Å². The Bertz CT molecular complexity index is 1260. The molecule has 2 atom stereocenters. The van der Waals surface area contributed by atoms with Crippen LogP contribution < -0.4 is 0 Å². The Labute approximate surface area is 290 Å². The summed E-state index contributed by atoms with van der Waals surface area (Å²) in [5.74, 6) is -3.68. The fraction of sp³-hybridized carbons (Fsp3) is 0.667. The van der Waals surface area contributed by atoms with Gasteiger partial charge in [-0.05, 0) is 69.4 Å². The molecule has 272 valence electrons. The molecule has 1 rings (SSSR count). The largest absolute Gasteiger partial charge is 0.478 e. The topological polar surface area (TPSA) is 135 Å². The number of benzene rings is 1. The maximum Gasteiger partial charge on any atom is 0.339 e. The Morgan fingerprint density at radius 3 is 1.98 bits per heavy atom. The normalized spacial score (nSPS) is 14.4. The van der Waals surface area contributed by atoms with Crippen molar-refractivity contribution >= 4 is 40.3 Å². The van der Waals surface area contributed by atoms with E-state index in [0.717, 1.165) is 31.7 Å². The summed E-state index contributed by atoms with van der Waals surface area (Å²) < 4.78 is 28.2. The number of carbonyl (C=O) groups excluding carboxylic acids is 3. The number of carboxylic acids is 1. The third-order valence-corrected chi connectivity index (χ3v) is 19.7. The summed E-state index contributed by atoms with van der Waals surface area (Å²) >= 11 is 0. The highest BCUT2D eigenvalue weighted by Gasteiger charge is 2.51. The smallest absolute Gasteiger partial charge is 0.339 e. The van der Waals surface area contributed by atoms with Gasteiger partial charge < -0.3 is 28.5 Å². The maximum atomic E-state index is 12.7. The number of hydrogen-bond donors (Lipinski definition) is 1. The summed E-state index contributed by atoms with van der Waals surface area (Å²) in [5.41, 5.74) is -0.454. The summed E-state index contributed by atoms with van der Waals surface area (Å²) in [4.78, 5) is 48.3. The van der Waals surface area contributed by atoms with Crippen LogP contribution in [0.2, 0.25) is 37.3 Å². The second kappa shape index (κ2) is 19.4. The molecule has 0 aromatic heterocycles. The van der Waals surface area contributed by atoms with E-state index in [1.807, 2.05) is 0 Å². The lowest BCUT2D eigenvalue weighted by Crippen LogP contribution is -2.60. The fourth-order valence-electron chi connectivity index (χ4n) is 5.60. The van der Waals surface area contributed by atoms with Gasteiger partial charge in [-0.15, -0.1) is 0 Å². The summed E-state index contributed by atoms with van der Waals surface area (Å²) in [6.07, 6.45) is 6.31. The molecule has 0 amide bonds. The standard InChI is InChI=1S/C36H60O10Si2/c1-12-15-25-47(8,9)36(7,14-3)46-48(10,11)35(6,13-2)19-16-20-42-21-22-45-34(41)29-18-17-28(26-30(29)31(37)38)33(40)44-24-23-43-32(39)27(4)5/h17-18,26H,4,12-16,19-25H2,1-3,5-11H3,(H,37,38). The van der Waals surface area contributed by atoms with Gasteiger partial charge in [0.05, 0.1) is 31.4 Å². The number of carboxylic acid groups (broad SMARTS) is 1. The first kappa shape index (κ1) is 43.2. The van der Waals surface area contributed by atoms with E-state index in [1.54, 1.807) is 0 Å². The van der Waals surface area contributed by atoms with E-state index in [-0.39, 0.29) is 53.4 Å². The summed E-state index contributed by atoms with van der Waals surface area (Å²) in [6.45, 7) is 26.3. The molecule has 12 heteroatoms. The second-order valence-electron chi connectivity index (χ2n) is 14.1. The molecule has 0 heterocycles. The van der Waals surface area contributed by atoms with Gasteiger partial charge in [0.15, 0.2) is 8.32 Å². The Hall–Kier alpha value is -2.81. The maximum absolute atomic E-state index is 12.7. The molecule has 0 bridgehead atoms. The number of carbonyl (C=O) groups is 4. The van der Waals surface area contributed by atoms with Gasteiger partial charge in [0, 0.05) is 17.4 Å². The van der Waals surface area contributed by atoms with Crippen molar-refractivity contribution in [2.24, 2.45) is 0 Å². The van der Waals surface area contributed by atoms with E-state index in [1.165, 1.54) is 37.9 Å². The fourth-order valence-corrected chi connectivity index (χ4v) is 13.3. The SMILES string of the molecule is C=C(C)C(=O)OCCOC(=O)c1ccc(C(=O)OCCOCCCC(C)(CC)[Si](C)(C)OC(C)(CC)[Si](C)(C)CCCC)c(C(=O)O)c1.